The summed E-state index contributed by atoms with van der Waals surface area (Å²) in [6.07, 6.45) is 0.133. The highest BCUT2D eigenvalue weighted by Gasteiger charge is 2.22. The van der Waals surface area contributed by atoms with E-state index in [1.54, 1.807) is 30.3 Å². The Morgan fingerprint density at radius 1 is 0.617 bits per heavy atom. The Bertz CT molecular complexity index is 1080. The molecule has 1 atom stereocenters. The van der Waals surface area contributed by atoms with Crippen LogP contribution in [0.2, 0.25) is 0 Å². The van der Waals surface area contributed by atoms with Gasteiger partial charge in [0.25, 0.3) is 0 Å². The molecule has 0 spiro atoms. The standard InChI is InChI=1S/C29H47N7O11/c30-7-9-44-11-13-46-15-14-45-12-10-43-8-6-25(38)32-17-26(39)33-19-28(41)36-23(16-22-4-2-1-3-5-22)29(42)34-18-27(40)35-21-47-20-24(31)37/h1-5,23H,6-21,30H2,(H2,31,37)(H,32,38)(H,33,39)(H,34,42)(H,35,40)(H,36,41)/t23-/m0/s1. The summed E-state index contributed by atoms with van der Waals surface area (Å²) in [4.78, 5) is 72.1. The predicted octanol–water partition coefficient (Wildman–Crippen LogP) is -3.95. The number of carbonyl (C=O) groups is 6. The molecule has 0 saturated carbocycles. The number of benzene rings is 1. The SMILES string of the molecule is NCCOCCOCCOCCOCCC(=O)NCC(=O)NCC(=O)N[C@@H](Cc1ccccc1)C(=O)NCC(=O)NCOCC(N)=O. The average Bonchev–Trinajstić information content (AvgIpc) is 3.05. The summed E-state index contributed by atoms with van der Waals surface area (Å²) in [5.74, 6) is -3.64. The van der Waals surface area contributed by atoms with Gasteiger partial charge in [-0.15, -0.1) is 0 Å². The van der Waals surface area contributed by atoms with E-state index >= 15 is 0 Å². The number of primary amides is 1. The van der Waals surface area contributed by atoms with Gasteiger partial charge in [0.1, 0.15) is 19.4 Å². The highest BCUT2D eigenvalue weighted by atomic mass is 16.6. The van der Waals surface area contributed by atoms with Gasteiger partial charge < -0.3 is 61.7 Å². The van der Waals surface area contributed by atoms with Crippen LogP contribution in [0.1, 0.15) is 12.0 Å². The zero-order valence-corrected chi connectivity index (χ0v) is 26.4. The quantitative estimate of drug-likeness (QED) is 0.0333. The molecule has 0 bridgehead atoms. The lowest BCUT2D eigenvalue weighted by Crippen LogP contribution is -2.52. The van der Waals surface area contributed by atoms with Gasteiger partial charge in [-0.3, -0.25) is 28.8 Å². The Morgan fingerprint density at radius 3 is 1.77 bits per heavy atom. The molecule has 1 rings (SSSR count). The van der Waals surface area contributed by atoms with Gasteiger partial charge in [0, 0.05) is 19.4 Å². The van der Waals surface area contributed by atoms with E-state index in [4.69, 9.17) is 35.2 Å². The van der Waals surface area contributed by atoms with E-state index in [1.807, 2.05) is 0 Å². The minimum absolute atomic E-state index is 0.0222. The number of rotatable bonds is 28. The fraction of sp³-hybridized carbons (Fsp3) is 0.586. The van der Waals surface area contributed by atoms with Crippen molar-refractivity contribution in [2.75, 3.05) is 92.4 Å². The van der Waals surface area contributed by atoms with Gasteiger partial charge in [0.05, 0.1) is 72.5 Å². The molecule has 0 aliphatic heterocycles. The fourth-order valence-electron chi connectivity index (χ4n) is 3.46. The minimum atomic E-state index is -1.06. The molecule has 1 aromatic carbocycles. The summed E-state index contributed by atoms with van der Waals surface area (Å²) in [5.41, 5.74) is 11.0. The predicted molar refractivity (Wildman–Crippen MR) is 166 cm³/mol. The summed E-state index contributed by atoms with van der Waals surface area (Å²) in [7, 11) is 0. The minimum Gasteiger partial charge on any atom is -0.379 e. The van der Waals surface area contributed by atoms with Crippen LogP contribution >= 0.6 is 0 Å². The van der Waals surface area contributed by atoms with Gasteiger partial charge in [-0.2, -0.15) is 0 Å². The third kappa shape index (κ3) is 23.8. The Kier molecular flexibility index (Phi) is 23.4. The molecule has 1 aromatic rings. The van der Waals surface area contributed by atoms with Crippen molar-refractivity contribution in [1.29, 1.82) is 0 Å². The third-order valence-corrected chi connectivity index (χ3v) is 5.72. The molecule has 0 saturated heterocycles. The van der Waals surface area contributed by atoms with Crippen molar-refractivity contribution in [3.8, 4) is 0 Å². The van der Waals surface area contributed by atoms with Crippen LogP contribution in [-0.4, -0.2) is 134 Å². The second-order valence-electron chi connectivity index (χ2n) is 9.63. The number of hydrogen-bond donors (Lipinski definition) is 7. The molecule has 0 radical (unpaired) electrons. The molecule has 0 fully saturated rings. The van der Waals surface area contributed by atoms with Crippen molar-refractivity contribution in [2.24, 2.45) is 11.5 Å². The normalized spacial score (nSPS) is 11.3. The van der Waals surface area contributed by atoms with Crippen LogP contribution in [0.15, 0.2) is 30.3 Å². The largest absolute Gasteiger partial charge is 0.379 e. The third-order valence-electron chi connectivity index (χ3n) is 5.72. The molecule has 18 heteroatoms. The molecule has 18 nitrogen and oxygen atoms in total. The maximum Gasteiger partial charge on any atom is 0.243 e. The van der Waals surface area contributed by atoms with Crippen LogP contribution in [0.5, 0.6) is 0 Å². The molecule has 0 unspecified atom stereocenters. The van der Waals surface area contributed by atoms with Gasteiger partial charge >= 0.3 is 0 Å². The average molecular weight is 670 g/mol. The van der Waals surface area contributed by atoms with Crippen LogP contribution in [0, 0.1) is 0 Å². The maximum absolute atomic E-state index is 12.8. The molecule has 0 heterocycles. The van der Waals surface area contributed by atoms with E-state index in [-0.39, 0.29) is 45.9 Å². The van der Waals surface area contributed by atoms with Crippen molar-refractivity contribution in [3.63, 3.8) is 0 Å². The van der Waals surface area contributed by atoms with E-state index in [2.05, 4.69) is 26.6 Å². The number of nitrogens with one attached hydrogen (secondary N) is 5. The molecule has 264 valence electrons. The molecular weight excluding hydrogens is 622 g/mol. The summed E-state index contributed by atoms with van der Waals surface area (Å²) in [6, 6.07) is 7.79. The molecule has 9 N–H and O–H groups in total. The molecule has 47 heavy (non-hydrogen) atoms. The van der Waals surface area contributed by atoms with Gasteiger partial charge in [-0.05, 0) is 5.56 Å². The Morgan fingerprint density at radius 2 is 1.15 bits per heavy atom. The highest BCUT2D eigenvalue weighted by molar-refractivity contribution is 5.92. The first-order valence-corrected chi connectivity index (χ1v) is 15.0. The number of hydrogen-bond acceptors (Lipinski definition) is 12. The van der Waals surface area contributed by atoms with Crippen molar-refractivity contribution < 1.29 is 52.5 Å². The summed E-state index contributed by atoms with van der Waals surface area (Å²) < 4.78 is 26.0. The van der Waals surface area contributed by atoms with Gasteiger partial charge in [0.2, 0.25) is 35.4 Å². The highest BCUT2D eigenvalue weighted by Crippen LogP contribution is 2.03. The van der Waals surface area contributed by atoms with Crippen molar-refractivity contribution in [1.82, 2.24) is 26.6 Å². The van der Waals surface area contributed by atoms with Gasteiger partial charge in [-0.25, -0.2) is 0 Å². The summed E-state index contributed by atoms with van der Waals surface area (Å²) in [6.45, 7) is 1.55. The van der Waals surface area contributed by atoms with Crippen LogP contribution in [-0.2, 0) is 58.9 Å². The zero-order chi connectivity index (χ0) is 34.5. The van der Waals surface area contributed by atoms with Gasteiger partial charge in [-0.1, -0.05) is 30.3 Å². The molecule has 0 aromatic heterocycles. The second kappa shape index (κ2) is 27.0. The summed E-state index contributed by atoms with van der Waals surface area (Å²) in [5, 5.41) is 12.1. The lowest BCUT2D eigenvalue weighted by atomic mass is 10.1. The second-order valence-corrected chi connectivity index (χ2v) is 9.63. The van der Waals surface area contributed by atoms with Gasteiger partial charge in [0.15, 0.2) is 0 Å². The maximum atomic E-state index is 12.8. The molecule has 0 aliphatic carbocycles. The summed E-state index contributed by atoms with van der Waals surface area (Å²) >= 11 is 0. The first-order chi connectivity index (χ1) is 22.7. The first-order valence-electron chi connectivity index (χ1n) is 15.0. The van der Waals surface area contributed by atoms with Crippen molar-refractivity contribution in [2.45, 2.75) is 18.9 Å². The van der Waals surface area contributed by atoms with Crippen LogP contribution in [0.25, 0.3) is 0 Å². The van der Waals surface area contributed by atoms with E-state index < -0.39 is 54.6 Å². The number of ether oxygens (including phenoxy) is 5. The van der Waals surface area contributed by atoms with E-state index in [9.17, 15) is 28.8 Å². The monoisotopic (exact) mass is 669 g/mol. The van der Waals surface area contributed by atoms with Crippen LogP contribution in [0.3, 0.4) is 0 Å². The van der Waals surface area contributed by atoms with Crippen molar-refractivity contribution in [3.05, 3.63) is 35.9 Å². The zero-order valence-electron chi connectivity index (χ0n) is 26.4. The molecule has 0 aliphatic rings. The number of carbonyl (C=O) groups excluding carboxylic acids is 6. The molecule has 6 amide bonds. The smallest absolute Gasteiger partial charge is 0.243 e. The van der Waals surface area contributed by atoms with E-state index in [0.29, 0.717) is 46.2 Å². The van der Waals surface area contributed by atoms with E-state index in [0.717, 1.165) is 5.56 Å². The lowest BCUT2D eigenvalue weighted by molar-refractivity contribution is -0.131. The lowest BCUT2D eigenvalue weighted by Gasteiger charge is -2.19. The Labute approximate surface area is 273 Å². The topological polar surface area (TPSA) is 261 Å². The van der Waals surface area contributed by atoms with Crippen LogP contribution in [0.4, 0.5) is 0 Å². The van der Waals surface area contributed by atoms with Crippen molar-refractivity contribution >= 4 is 35.4 Å². The molecular formula is C29H47N7O11. The Balaban J connectivity index is 2.27. The van der Waals surface area contributed by atoms with E-state index in [1.165, 1.54) is 0 Å². The fourth-order valence-corrected chi connectivity index (χ4v) is 3.46. The number of amides is 6. The number of nitrogens with two attached hydrogens (primary N) is 2. The first kappa shape index (κ1) is 40.8. The van der Waals surface area contributed by atoms with Crippen LogP contribution < -0.4 is 38.1 Å². The Hall–Kier alpha value is -4.20.